The number of hydrogen-bond donors (Lipinski definition) is 2. The number of nitrogen functional groups attached to an aromatic ring is 1. The quantitative estimate of drug-likeness (QED) is 0.574. The number of methoxy groups -OCH3 is 1. The molecule has 0 bridgehead atoms. The van der Waals surface area contributed by atoms with Gasteiger partial charge in [-0.15, -0.1) is 0 Å². The highest BCUT2D eigenvalue weighted by Crippen LogP contribution is 2.27. The molecule has 1 aliphatic rings. The third kappa shape index (κ3) is 2.17. The second-order valence-electron chi connectivity index (χ2n) is 4.09. The van der Waals surface area contributed by atoms with Crippen molar-refractivity contribution in [2.24, 2.45) is 0 Å². The van der Waals surface area contributed by atoms with Crippen LogP contribution in [0.4, 0.5) is 5.69 Å². The predicted molar refractivity (Wildman–Crippen MR) is 62.0 cm³/mol. The number of carbonyl (C=O) groups is 1. The number of carbonyl (C=O) groups excluding carboxylic acids is 1. The van der Waals surface area contributed by atoms with Crippen molar-refractivity contribution in [2.75, 3.05) is 19.4 Å². The summed E-state index contributed by atoms with van der Waals surface area (Å²) in [5.41, 5.74) is 7.68. The van der Waals surface area contributed by atoms with E-state index in [1.54, 1.807) is 0 Å². The highest BCUT2D eigenvalue weighted by molar-refractivity contribution is 5.76. The lowest BCUT2D eigenvalue weighted by Gasteiger charge is -2.09. The second kappa shape index (κ2) is 4.53. The Morgan fingerprint density at radius 1 is 1.56 bits per heavy atom. The first kappa shape index (κ1) is 11.0. The molecule has 0 aliphatic carbocycles. The third-order valence-electron chi connectivity index (χ3n) is 3.00. The number of nitrogens with two attached hydrogens (primary N) is 1. The van der Waals surface area contributed by atoms with E-state index in [0.29, 0.717) is 5.92 Å². The predicted octanol–water partition coefficient (Wildman–Crippen LogP) is 0.887. The van der Waals surface area contributed by atoms with Gasteiger partial charge in [-0.1, -0.05) is 12.1 Å². The summed E-state index contributed by atoms with van der Waals surface area (Å²) in [6.07, 6.45) is 0.774. The van der Waals surface area contributed by atoms with Gasteiger partial charge in [0.15, 0.2) is 0 Å². The number of rotatable bonds is 2. The van der Waals surface area contributed by atoms with Gasteiger partial charge in [-0.2, -0.15) is 0 Å². The summed E-state index contributed by atoms with van der Waals surface area (Å²) in [4.78, 5) is 11.3. The lowest BCUT2D eigenvalue weighted by Crippen LogP contribution is -2.31. The van der Waals surface area contributed by atoms with E-state index >= 15 is 0 Å². The van der Waals surface area contributed by atoms with Crippen LogP contribution in [0.25, 0.3) is 0 Å². The topological polar surface area (TPSA) is 64.3 Å². The van der Waals surface area contributed by atoms with Crippen molar-refractivity contribution in [3.8, 4) is 0 Å². The highest BCUT2D eigenvalue weighted by Gasteiger charge is 2.30. The van der Waals surface area contributed by atoms with Crippen LogP contribution in [0.5, 0.6) is 0 Å². The van der Waals surface area contributed by atoms with E-state index in [1.807, 2.05) is 24.3 Å². The number of hydrogen-bond acceptors (Lipinski definition) is 4. The fourth-order valence-electron chi connectivity index (χ4n) is 2.12. The van der Waals surface area contributed by atoms with Gasteiger partial charge in [-0.25, -0.2) is 0 Å². The second-order valence-corrected chi connectivity index (χ2v) is 4.09. The van der Waals surface area contributed by atoms with Gasteiger partial charge < -0.3 is 15.8 Å². The minimum Gasteiger partial charge on any atom is -0.468 e. The average Bonchev–Trinajstić information content (AvgIpc) is 2.77. The van der Waals surface area contributed by atoms with Crippen molar-refractivity contribution < 1.29 is 9.53 Å². The molecule has 2 atom stereocenters. The zero-order valence-electron chi connectivity index (χ0n) is 9.27. The molecular weight excluding hydrogens is 204 g/mol. The molecule has 3 N–H and O–H groups in total. The molecule has 86 valence electrons. The third-order valence-corrected chi connectivity index (χ3v) is 3.00. The maximum Gasteiger partial charge on any atom is 0.322 e. The molecule has 4 nitrogen and oxygen atoms in total. The number of anilines is 1. The fraction of sp³-hybridized carbons (Fsp3) is 0.417. The highest BCUT2D eigenvalue weighted by atomic mass is 16.5. The van der Waals surface area contributed by atoms with Crippen LogP contribution in [0, 0.1) is 0 Å². The molecule has 1 saturated heterocycles. The first-order valence-corrected chi connectivity index (χ1v) is 5.37. The van der Waals surface area contributed by atoms with E-state index in [9.17, 15) is 4.79 Å². The minimum absolute atomic E-state index is 0.184. The minimum atomic E-state index is -0.189. The Morgan fingerprint density at radius 3 is 3.06 bits per heavy atom. The first-order valence-electron chi connectivity index (χ1n) is 5.37. The molecule has 2 unspecified atom stereocenters. The van der Waals surface area contributed by atoms with Gasteiger partial charge in [-0.3, -0.25) is 4.79 Å². The van der Waals surface area contributed by atoms with E-state index in [0.717, 1.165) is 18.7 Å². The summed E-state index contributed by atoms with van der Waals surface area (Å²) in [5, 5.41) is 3.16. The number of esters is 1. The standard InChI is InChI=1S/C12H16N2O2/c1-16-12(15)11-6-9(7-14-11)8-3-2-4-10(13)5-8/h2-5,9,11,14H,6-7,13H2,1H3. The maximum absolute atomic E-state index is 11.3. The van der Waals surface area contributed by atoms with E-state index in [4.69, 9.17) is 10.5 Å². The van der Waals surface area contributed by atoms with Crippen molar-refractivity contribution in [1.82, 2.24) is 5.32 Å². The smallest absolute Gasteiger partial charge is 0.322 e. The normalized spacial score (nSPS) is 24.3. The Morgan fingerprint density at radius 2 is 2.38 bits per heavy atom. The van der Waals surface area contributed by atoms with Gasteiger partial charge in [0.1, 0.15) is 6.04 Å². The summed E-state index contributed by atoms with van der Waals surface area (Å²) >= 11 is 0. The molecule has 1 aromatic rings. The molecule has 4 heteroatoms. The molecular formula is C12H16N2O2. The lowest BCUT2D eigenvalue weighted by atomic mass is 9.96. The average molecular weight is 220 g/mol. The summed E-state index contributed by atoms with van der Waals surface area (Å²) in [7, 11) is 1.41. The molecule has 0 saturated carbocycles. The summed E-state index contributed by atoms with van der Waals surface area (Å²) in [5.74, 6) is 0.152. The van der Waals surface area contributed by atoms with Gasteiger partial charge in [-0.05, 0) is 30.0 Å². The van der Waals surface area contributed by atoms with Crippen LogP contribution in [0.1, 0.15) is 17.9 Å². The van der Waals surface area contributed by atoms with Gasteiger partial charge >= 0.3 is 5.97 Å². The zero-order valence-corrected chi connectivity index (χ0v) is 9.27. The van der Waals surface area contributed by atoms with Crippen molar-refractivity contribution in [3.63, 3.8) is 0 Å². The summed E-state index contributed by atoms with van der Waals surface area (Å²) in [6, 6.07) is 7.63. The van der Waals surface area contributed by atoms with Crippen LogP contribution in [0.2, 0.25) is 0 Å². The Labute approximate surface area is 94.8 Å². The summed E-state index contributed by atoms with van der Waals surface area (Å²) < 4.78 is 4.72. The fourth-order valence-corrected chi connectivity index (χ4v) is 2.12. The zero-order chi connectivity index (χ0) is 11.5. The molecule has 16 heavy (non-hydrogen) atoms. The number of benzene rings is 1. The van der Waals surface area contributed by atoms with Crippen LogP contribution in [-0.4, -0.2) is 25.7 Å². The van der Waals surface area contributed by atoms with Crippen LogP contribution in [0.3, 0.4) is 0 Å². The molecule has 1 fully saturated rings. The van der Waals surface area contributed by atoms with Crippen molar-refractivity contribution in [1.29, 1.82) is 0 Å². The van der Waals surface area contributed by atoms with Gasteiger partial charge in [0, 0.05) is 12.2 Å². The van der Waals surface area contributed by atoms with E-state index in [1.165, 1.54) is 12.7 Å². The van der Waals surface area contributed by atoms with Crippen molar-refractivity contribution in [2.45, 2.75) is 18.4 Å². The molecule has 1 heterocycles. The Hall–Kier alpha value is -1.55. The van der Waals surface area contributed by atoms with E-state index in [2.05, 4.69) is 5.32 Å². The van der Waals surface area contributed by atoms with E-state index in [-0.39, 0.29) is 12.0 Å². The van der Waals surface area contributed by atoms with Crippen molar-refractivity contribution >= 4 is 11.7 Å². The van der Waals surface area contributed by atoms with Gasteiger partial charge in [0.25, 0.3) is 0 Å². The van der Waals surface area contributed by atoms with Gasteiger partial charge in [0.05, 0.1) is 7.11 Å². The Balaban J connectivity index is 2.06. The lowest BCUT2D eigenvalue weighted by molar-refractivity contribution is -0.142. The van der Waals surface area contributed by atoms with Crippen molar-refractivity contribution in [3.05, 3.63) is 29.8 Å². The number of ether oxygens (including phenoxy) is 1. The molecule has 0 spiro atoms. The monoisotopic (exact) mass is 220 g/mol. The number of nitrogens with one attached hydrogen (secondary N) is 1. The molecule has 0 aromatic heterocycles. The maximum atomic E-state index is 11.3. The van der Waals surface area contributed by atoms with Crippen LogP contribution >= 0.6 is 0 Å². The van der Waals surface area contributed by atoms with Crippen LogP contribution in [0.15, 0.2) is 24.3 Å². The van der Waals surface area contributed by atoms with Crippen LogP contribution < -0.4 is 11.1 Å². The van der Waals surface area contributed by atoms with E-state index < -0.39 is 0 Å². The largest absolute Gasteiger partial charge is 0.468 e. The molecule has 1 aliphatic heterocycles. The summed E-state index contributed by atoms with van der Waals surface area (Å²) in [6.45, 7) is 0.795. The molecule has 0 radical (unpaired) electrons. The molecule has 2 rings (SSSR count). The van der Waals surface area contributed by atoms with Crippen LogP contribution in [-0.2, 0) is 9.53 Å². The Kier molecular flexibility index (Phi) is 3.10. The Bertz CT molecular complexity index is 392. The molecule has 1 aromatic carbocycles. The van der Waals surface area contributed by atoms with Gasteiger partial charge in [0.2, 0.25) is 0 Å². The SMILES string of the molecule is COC(=O)C1CC(c2cccc(N)c2)CN1. The first-order chi connectivity index (χ1) is 7.70. The molecule has 0 amide bonds.